The van der Waals surface area contributed by atoms with Crippen molar-refractivity contribution < 1.29 is 29.0 Å². The number of carbonyl (C=O) groups excluding carboxylic acids is 2. The first-order valence-corrected chi connectivity index (χ1v) is 8.89. The van der Waals surface area contributed by atoms with Gasteiger partial charge in [0.2, 0.25) is 11.8 Å². The first-order valence-electron chi connectivity index (χ1n) is 8.89. The number of likely N-dealkylation sites (tertiary alicyclic amines) is 1. The van der Waals surface area contributed by atoms with E-state index in [0.717, 1.165) is 0 Å². The molecule has 2 saturated heterocycles. The van der Waals surface area contributed by atoms with Gasteiger partial charge in [-0.3, -0.25) is 14.4 Å². The van der Waals surface area contributed by atoms with Crippen LogP contribution in [-0.4, -0.2) is 61.6 Å². The zero-order chi connectivity index (χ0) is 19.7. The van der Waals surface area contributed by atoms with Crippen LogP contribution in [0.25, 0.3) is 0 Å². The number of carboxylic acids is 1. The molecule has 2 aliphatic rings. The van der Waals surface area contributed by atoms with Crippen LogP contribution in [0.5, 0.6) is 11.5 Å². The van der Waals surface area contributed by atoms with Crippen LogP contribution in [0.2, 0.25) is 0 Å². The summed E-state index contributed by atoms with van der Waals surface area (Å²) in [6.45, 7) is 2.71. The quantitative estimate of drug-likeness (QED) is 0.830. The van der Waals surface area contributed by atoms with Crippen molar-refractivity contribution in [2.24, 2.45) is 17.8 Å². The van der Waals surface area contributed by atoms with Crippen molar-refractivity contribution in [1.29, 1.82) is 0 Å². The largest absolute Gasteiger partial charge is 0.497 e. The van der Waals surface area contributed by atoms with Gasteiger partial charge in [-0.25, -0.2) is 0 Å². The van der Waals surface area contributed by atoms with Crippen molar-refractivity contribution in [3.63, 3.8) is 0 Å². The van der Waals surface area contributed by atoms with Crippen molar-refractivity contribution in [2.75, 3.05) is 38.8 Å². The van der Waals surface area contributed by atoms with Gasteiger partial charge in [-0.05, 0) is 5.92 Å². The molecule has 8 heteroatoms. The minimum absolute atomic E-state index is 0.0951. The second-order valence-corrected chi connectivity index (χ2v) is 7.14. The van der Waals surface area contributed by atoms with Gasteiger partial charge in [0.25, 0.3) is 0 Å². The maximum atomic E-state index is 12.8. The van der Waals surface area contributed by atoms with E-state index < -0.39 is 17.8 Å². The van der Waals surface area contributed by atoms with Crippen LogP contribution >= 0.6 is 0 Å². The number of nitrogens with zero attached hydrogens (tertiary/aromatic N) is 2. The van der Waals surface area contributed by atoms with Crippen LogP contribution in [0.15, 0.2) is 18.2 Å². The van der Waals surface area contributed by atoms with E-state index in [9.17, 15) is 19.5 Å². The van der Waals surface area contributed by atoms with Crippen molar-refractivity contribution in [1.82, 2.24) is 4.90 Å². The van der Waals surface area contributed by atoms with Crippen LogP contribution in [0.3, 0.4) is 0 Å². The second-order valence-electron chi connectivity index (χ2n) is 7.14. The third-order valence-corrected chi connectivity index (χ3v) is 5.36. The Bertz CT molecular complexity index is 742. The standard InChI is InChI=1S/C19H24N2O6/c1-11-8-20(10-16(11)19(24)25)18(23)12-4-17(22)21(9-12)13-5-14(26-2)7-15(6-13)27-3/h5-7,11-12,16H,4,8-10H2,1-3H3,(H,24,25)/t11-,12?,16-/m1/s1. The Hall–Kier alpha value is -2.77. The Kier molecular flexibility index (Phi) is 5.25. The van der Waals surface area contributed by atoms with Gasteiger partial charge in [0.1, 0.15) is 11.5 Å². The number of carboxylic acid groups (broad SMARTS) is 1. The van der Waals surface area contributed by atoms with Crippen LogP contribution in [0.4, 0.5) is 5.69 Å². The lowest BCUT2D eigenvalue weighted by molar-refractivity contribution is -0.142. The predicted octanol–water partition coefficient (Wildman–Crippen LogP) is 1.24. The minimum Gasteiger partial charge on any atom is -0.497 e. The Balaban J connectivity index is 1.74. The van der Waals surface area contributed by atoms with Gasteiger partial charge in [-0.15, -0.1) is 0 Å². The third-order valence-electron chi connectivity index (χ3n) is 5.36. The topological polar surface area (TPSA) is 96.4 Å². The van der Waals surface area contributed by atoms with E-state index in [2.05, 4.69) is 0 Å². The summed E-state index contributed by atoms with van der Waals surface area (Å²) in [7, 11) is 3.06. The third kappa shape index (κ3) is 3.70. The number of aliphatic carboxylic acids is 1. The SMILES string of the molecule is COc1cc(OC)cc(N2CC(C(=O)N3C[C@@H](C)[C@H](C(=O)O)C3)CC2=O)c1. The molecule has 2 fully saturated rings. The summed E-state index contributed by atoms with van der Waals surface area (Å²) in [5.41, 5.74) is 0.615. The predicted molar refractivity (Wildman–Crippen MR) is 96.9 cm³/mol. The number of rotatable bonds is 5. The zero-order valence-corrected chi connectivity index (χ0v) is 15.7. The summed E-state index contributed by atoms with van der Waals surface area (Å²) >= 11 is 0. The fraction of sp³-hybridized carbons (Fsp3) is 0.526. The Morgan fingerprint density at radius 1 is 1.07 bits per heavy atom. The monoisotopic (exact) mass is 376 g/mol. The van der Waals surface area contributed by atoms with Crippen molar-refractivity contribution in [3.05, 3.63) is 18.2 Å². The van der Waals surface area contributed by atoms with E-state index >= 15 is 0 Å². The molecule has 0 bridgehead atoms. The van der Waals surface area contributed by atoms with Gasteiger partial charge in [0, 0.05) is 44.3 Å². The van der Waals surface area contributed by atoms with Crippen LogP contribution in [0, 0.1) is 17.8 Å². The van der Waals surface area contributed by atoms with Crippen LogP contribution in [-0.2, 0) is 14.4 Å². The van der Waals surface area contributed by atoms with E-state index in [-0.39, 0.29) is 37.2 Å². The van der Waals surface area contributed by atoms with Gasteiger partial charge in [-0.2, -0.15) is 0 Å². The lowest BCUT2D eigenvalue weighted by Crippen LogP contribution is -2.36. The molecule has 1 aromatic carbocycles. The van der Waals surface area contributed by atoms with Crippen molar-refractivity contribution in [3.8, 4) is 11.5 Å². The normalized spacial score (nSPS) is 25.0. The number of hydrogen-bond acceptors (Lipinski definition) is 5. The van der Waals surface area contributed by atoms with Crippen LogP contribution < -0.4 is 14.4 Å². The maximum absolute atomic E-state index is 12.8. The zero-order valence-electron chi connectivity index (χ0n) is 15.7. The molecule has 0 aliphatic carbocycles. The number of anilines is 1. The molecule has 1 aromatic rings. The average Bonchev–Trinajstić information content (AvgIpc) is 3.23. The highest BCUT2D eigenvalue weighted by atomic mass is 16.5. The summed E-state index contributed by atoms with van der Waals surface area (Å²) in [5.74, 6) is -1.19. The molecular formula is C19H24N2O6. The van der Waals surface area contributed by atoms with Gasteiger partial charge >= 0.3 is 5.97 Å². The van der Waals surface area contributed by atoms with E-state index in [0.29, 0.717) is 23.7 Å². The van der Waals surface area contributed by atoms with Crippen molar-refractivity contribution in [2.45, 2.75) is 13.3 Å². The highest BCUT2D eigenvalue weighted by molar-refractivity contribution is 6.00. The number of carbonyl (C=O) groups is 3. The molecule has 3 atom stereocenters. The molecule has 1 N–H and O–H groups in total. The molecule has 0 saturated carbocycles. The van der Waals surface area contributed by atoms with Gasteiger partial charge in [0.05, 0.1) is 31.7 Å². The molecule has 27 heavy (non-hydrogen) atoms. The van der Waals surface area contributed by atoms with E-state index in [1.165, 1.54) is 14.2 Å². The highest BCUT2D eigenvalue weighted by Crippen LogP contribution is 2.34. The van der Waals surface area contributed by atoms with Gasteiger partial charge < -0.3 is 24.4 Å². The number of benzene rings is 1. The van der Waals surface area contributed by atoms with E-state index in [1.807, 2.05) is 6.92 Å². The van der Waals surface area contributed by atoms with Gasteiger partial charge in [-0.1, -0.05) is 6.92 Å². The number of ether oxygens (including phenoxy) is 2. The summed E-state index contributed by atoms with van der Waals surface area (Å²) < 4.78 is 10.5. The van der Waals surface area contributed by atoms with E-state index in [4.69, 9.17) is 9.47 Å². The average molecular weight is 376 g/mol. The lowest BCUT2D eigenvalue weighted by Gasteiger charge is -2.21. The molecule has 146 valence electrons. The summed E-state index contributed by atoms with van der Waals surface area (Å²) in [4.78, 5) is 39.8. The smallest absolute Gasteiger partial charge is 0.308 e. The lowest BCUT2D eigenvalue weighted by atomic mass is 9.99. The highest BCUT2D eigenvalue weighted by Gasteiger charge is 2.42. The van der Waals surface area contributed by atoms with Crippen LogP contribution in [0.1, 0.15) is 13.3 Å². The number of methoxy groups -OCH3 is 2. The second kappa shape index (κ2) is 7.46. The Morgan fingerprint density at radius 3 is 2.22 bits per heavy atom. The van der Waals surface area contributed by atoms with Gasteiger partial charge in [0.15, 0.2) is 0 Å². The molecule has 2 heterocycles. The minimum atomic E-state index is -0.884. The first kappa shape index (κ1) is 19.0. The van der Waals surface area contributed by atoms with E-state index in [1.54, 1.807) is 28.0 Å². The molecule has 0 radical (unpaired) electrons. The summed E-state index contributed by atoms with van der Waals surface area (Å²) in [6, 6.07) is 5.17. The summed E-state index contributed by atoms with van der Waals surface area (Å²) in [6.07, 6.45) is 0.112. The first-order chi connectivity index (χ1) is 12.8. The molecule has 8 nitrogen and oxygen atoms in total. The maximum Gasteiger partial charge on any atom is 0.308 e. The fourth-order valence-corrected chi connectivity index (χ4v) is 3.80. The molecule has 2 aliphatic heterocycles. The number of hydrogen-bond donors (Lipinski definition) is 1. The molecule has 2 amide bonds. The molecule has 0 aromatic heterocycles. The summed E-state index contributed by atoms with van der Waals surface area (Å²) in [5, 5.41) is 9.26. The fourth-order valence-electron chi connectivity index (χ4n) is 3.80. The molecular weight excluding hydrogens is 352 g/mol. The van der Waals surface area contributed by atoms with Crippen molar-refractivity contribution >= 4 is 23.5 Å². The Morgan fingerprint density at radius 2 is 1.70 bits per heavy atom. The Labute approximate surface area is 157 Å². The molecule has 1 unspecified atom stereocenters. The molecule has 3 rings (SSSR count). The molecule has 0 spiro atoms. The number of amides is 2.